The van der Waals surface area contributed by atoms with Crippen LogP contribution in [0.3, 0.4) is 0 Å². The summed E-state index contributed by atoms with van der Waals surface area (Å²) in [7, 11) is 0. The Morgan fingerprint density at radius 1 is 1.13 bits per heavy atom. The van der Waals surface area contributed by atoms with Crippen LogP contribution in [0.15, 0.2) is 0 Å². The largest absolute Gasteiger partial charge is 0.480 e. The minimum Gasteiger partial charge on any atom is -0.480 e. The van der Waals surface area contributed by atoms with Gasteiger partial charge in [0.15, 0.2) is 0 Å². The Morgan fingerprint density at radius 2 is 1.74 bits per heavy atom. The van der Waals surface area contributed by atoms with Crippen molar-refractivity contribution >= 4 is 30.4 Å². The van der Waals surface area contributed by atoms with Crippen LogP contribution in [0.2, 0.25) is 0 Å². The minimum atomic E-state index is -1.18. The van der Waals surface area contributed by atoms with Gasteiger partial charge in [0.05, 0.1) is 6.04 Å². The lowest BCUT2D eigenvalue weighted by molar-refractivity contribution is -0.141. The molecular formula is C14H28N4O4S. The number of rotatable bonds is 11. The van der Waals surface area contributed by atoms with E-state index in [1.807, 2.05) is 0 Å². The smallest absolute Gasteiger partial charge is 0.327 e. The number of thiol groups is 1. The molecule has 0 aliphatic heterocycles. The quantitative estimate of drug-likeness (QED) is 0.210. The summed E-state index contributed by atoms with van der Waals surface area (Å²) in [5, 5.41) is 13.9. The minimum absolute atomic E-state index is 0.0432. The summed E-state index contributed by atoms with van der Waals surface area (Å²) < 4.78 is 0. The van der Waals surface area contributed by atoms with Crippen LogP contribution in [0, 0.1) is 5.92 Å². The maximum Gasteiger partial charge on any atom is 0.327 e. The van der Waals surface area contributed by atoms with E-state index in [4.69, 9.17) is 16.6 Å². The highest BCUT2D eigenvalue weighted by Crippen LogP contribution is 2.05. The second kappa shape index (κ2) is 11.3. The van der Waals surface area contributed by atoms with Crippen molar-refractivity contribution in [1.82, 2.24) is 10.6 Å². The predicted octanol–water partition coefficient (Wildman–Crippen LogP) is -0.917. The van der Waals surface area contributed by atoms with Crippen molar-refractivity contribution in [2.45, 2.75) is 51.2 Å². The molecule has 0 radical (unpaired) electrons. The zero-order valence-corrected chi connectivity index (χ0v) is 14.5. The van der Waals surface area contributed by atoms with E-state index in [-0.39, 0.29) is 11.7 Å². The highest BCUT2D eigenvalue weighted by molar-refractivity contribution is 7.80. The van der Waals surface area contributed by atoms with Gasteiger partial charge < -0.3 is 27.2 Å². The fourth-order valence-electron chi connectivity index (χ4n) is 1.88. The van der Waals surface area contributed by atoms with Crippen molar-refractivity contribution in [3.05, 3.63) is 0 Å². The van der Waals surface area contributed by atoms with Gasteiger partial charge in [-0.25, -0.2) is 4.79 Å². The molecule has 0 aliphatic rings. The Labute approximate surface area is 142 Å². The Balaban J connectivity index is 4.69. The van der Waals surface area contributed by atoms with E-state index < -0.39 is 35.9 Å². The number of unbranched alkanes of at least 4 members (excludes halogenated alkanes) is 1. The number of hydrogen-bond acceptors (Lipinski definition) is 6. The summed E-state index contributed by atoms with van der Waals surface area (Å²) >= 11 is 3.89. The standard InChI is InChI=1S/C14H28N4O4S/c1-8(2)11(13(20)17-10(7-23)14(21)22)18-12(19)9(16)5-3-4-6-15/h8-11,23H,3-7,15-16H2,1-2H3,(H,17,20)(H,18,19)(H,21,22). The fraction of sp³-hybridized carbons (Fsp3) is 0.786. The Bertz CT molecular complexity index is 406. The maximum absolute atomic E-state index is 12.2. The molecule has 0 fully saturated rings. The number of amides is 2. The molecule has 0 aromatic carbocycles. The van der Waals surface area contributed by atoms with Crippen molar-refractivity contribution in [2.75, 3.05) is 12.3 Å². The van der Waals surface area contributed by atoms with Gasteiger partial charge in [0, 0.05) is 5.75 Å². The first-order valence-corrected chi connectivity index (χ1v) is 8.27. The van der Waals surface area contributed by atoms with Gasteiger partial charge in [-0.3, -0.25) is 9.59 Å². The van der Waals surface area contributed by atoms with Crippen LogP contribution >= 0.6 is 12.6 Å². The first-order chi connectivity index (χ1) is 10.7. The molecule has 23 heavy (non-hydrogen) atoms. The number of aliphatic carboxylic acids is 1. The SMILES string of the molecule is CC(C)C(NC(=O)C(N)CCCCN)C(=O)NC(CS)C(=O)O. The molecule has 8 nitrogen and oxygen atoms in total. The molecule has 0 rings (SSSR count). The molecule has 134 valence electrons. The fourth-order valence-corrected chi connectivity index (χ4v) is 2.13. The van der Waals surface area contributed by atoms with Crippen LogP contribution in [-0.2, 0) is 14.4 Å². The lowest BCUT2D eigenvalue weighted by Crippen LogP contribution is -2.56. The van der Waals surface area contributed by atoms with Crippen LogP contribution in [0.25, 0.3) is 0 Å². The highest BCUT2D eigenvalue weighted by atomic mass is 32.1. The van der Waals surface area contributed by atoms with Gasteiger partial charge in [-0.15, -0.1) is 0 Å². The maximum atomic E-state index is 12.2. The molecule has 0 aliphatic carbocycles. The molecule has 0 aromatic heterocycles. The van der Waals surface area contributed by atoms with Crippen molar-refractivity contribution < 1.29 is 19.5 Å². The van der Waals surface area contributed by atoms with Gasteiger partial charge in [-0.05, 0) is 25.3 Å². The van der Waals surface area contributed by atoms with Gasteiger partial charge in [0.25, 0.3) is 0 Å². The topological polar surface area (TPSA) is 148 Å². The van der Waals surface area contributed by atoms with E-state index in [0.29, 0.717) is 13.0 Å². The van der Waals surface area contributed by atoms with Gasteiger partial charge in [0.2, 0.25) is 11.8 Å². The molecule has 7 N–H and O–H groups in total. The first-order valence-electron chi connectivity index (χ1n) is 7.64. The summed E-state index contributed by atoms with van der Waals surface area (Å²) in [6.07, 6.45) is 1.98. The Kier molecular flexibility index (Phi) is 10.6. The third kappa shape index (κ3) is 8.19. The second-order valence-electron chi connectivity index (χ2n) is 5.70. The van der Waals surface area contributed by atoms with E-state index >= 15 is 0 Å². The lowest BCUT2D eigenvalue weighted by atomic mass is 10.0. The average molecular weight is 348 g/mol. The third-order valence-corrected chi connectivity index (χ3v) is 3.72. The zero-order chi connectivity index (χ0) is 18.0. The molecule has 0 saturated carbocycles. The molecule has 3 atom stereocenters. The van der Waals surface area contributed by atoms with E-state index in [1.165, 1.54) is 0 Å². The molecule has 0 spiro atoms. The van der Waals surface area contributed by atoms with Crippen LogP contribution in [0.5, 0.6) is 0 Å². The molecule has 0 aromatic rings. The van der Waals surface area contributed by atoms with E-state index in [2.05, 4.69) is 23.3 Å². The normalized spacial score (nSPS) is 14.9. The van der Waals surface area contributed by atoms with Crippen LogP contribution in [0.4, 0.5) is 0 Å². The summed E-state index contributed by atoms with van der Waals surface area (Å²) in [5.74, 6) is -2.44. The highest BCUT2D eigenvalue weighted by Gasteiger charge is 2.29. The van der Waals surface area contributed by atoms with Crippen LogP contribution in [0.1, 0.15) is 33.1 Å². The first kappa shape index (κ1) is 21.7. The summed E-state index contributed by atoms with van der Waals surface area (Å²) in [4.78, 5) is 35.2. The molecule has 0 saturated heterocycles. The molecule has 0 heterocycles. The zero-order valence-electron chi connectivity index (χ0n) is 13.6. The van der Waals surface area contributed by atoms with Crippen molar-refractivity contribution in [3.63, 3.8) is 0 Å². The monoisotopic (exact) mass is 348 g/mol. The van der Waals surface area contributed by atoms with Gasteiger partial charge in [-0.1, -0.05) is 20.3 Å². The Morgan fingerprint density at radius 3 is 2.17 bits per heavy atom. The molecule has 3 unspecified atom stereocenters. The second-order valence-corrected chi connectivity index (χ2v) is 6.07. The average Bonchev–Trinajstić information content (AvgIpc) is 2.48. The third-order valence-electron chi connectivity index (χ3n) is 3.35. The number of nitrogens with two attached hydrogens (primary N) is 2. The number of carboxylic acid groups (broad SMARTS) is 1. The van der Waals surface area contributed by atoms with E-state index in [0.717, 1.165) is 12.8 Å². The van der Waals surface area contributed by atoms with Crippen molar-refractivity contribution in [1.29, 1.82) is 0 Å². The number of carbonyl (C=O) groups excluding carboxylic acids is 2. The van der Waals surface area contributed by atoms with Gasteiger partial charge >= 0.3 is 5.97 Å². The number of hydrogen-bond donors (Lipinski definition) is 6. The van der Waals surface area contributed by atoms with Gasteiger partial charge in [0.1, 0.15) is 12.1 Å². The summed E-state index contributed by atoms with van der Waals surface area (Å²) in [6, 6.07) is -2.69. The van der Waals surface area contributed by atoms with Gasteiger partial charge in [-0.2, -0.15) is 12.6 Å². The van der Waals surface area contributed by atoms with Crippen LogP contribution in [-0.4, -0.2) is 53.3 Å². The predicted molar refractivity (Wildman–Crippen MR) is 91.1 cm³/mol. The summed E-state index contributed by atoms with van der Waals surface area (Å²) in [6.45, 7) is 4.04. The number of carbonyl (C=O) groups is 3. The van der Waals surface area contributed by atoms with Crippen molar-refractivity contribution in [2.24, 2.45) is 17.4 Å². The molecule has 9 heteroatoms. The van der Waals surface area contributed by atoms with E-state index in [1.54, 1.807) is 13.8 Å². The Hall–Kier alpha value is -1.32. The molecule has 0 bridgehead atoms. The summed E-state index contributed by atoms with van der Waals surface area (Å²) in [5.41, 5.74) is 11.2. The lowest BCUT2D eigenvalue weighted by Gasteiger charge is -2.25. The molecule has 2 amide bonds. The number of nitrogens with one attached hydrogen (secondary N) is 2. The molecular weight excluding hydrogens is 320 g/mol. The number of carboxylic acids is 1. The van der Waals surface area contributed by atoms with E-state index in [9.17, 15) is 14.4 Å². The van der Waals surface area contributed by atoms with Crippen LogP contribution < -0.4 is 22.1 Å². The van der Waals surface area contributed by atoms with Crippen molar-refractivity contribution in [3.8, 4) is 0 Å².